The Morgan fingerprint density at radius 1 is 0.729 bits per heavy atom. The fourth-order valence-corrected chi connectivity index (χ4v) is 8.11. The molecule has 1 aromatic carbocycles. The van der Waals surface area contributed by atoms with Crippen LogP contribution in [0.25, 0.3) is 0 Å². The lowest BCUT2D eigenvalue weighted by molar-refractivity contribution is -0.137. The predicted molar refractivity (Wildman–Crippen MR) is 257 cm³/mol. The number of halogens is 1. The summed E-state index contributed by atoms with van der Waals surface area (Å²) in [4.78, 5) is 50.9. The largest absolute Gasteiger partial charge is 1.00 e. The lowest BCUT2D eigenvalue weighted by Crippen LogP contribution is -3.00. The molecule has 0 radical (unpaired) electrons. The van der Waals surface area contributed by atoms with E-state index in [2.05, 4.69) is 43.7 Å². The average molecular weight is 995 g/mol. The van der Waals surface area contributed by atoms with E-state index in [-0.39, 0.29) is 55.0 Å². The first-order valence-electron chi connectivity index (χ1n) is 23.9. The van der Waals surface area contributed by atoms with Gasteiger partial charge < -0.3 is 73.2 Å². The normalized spacial score (nSPS) is 16.7. The maximum atomic E-state index is 14.4. The van der Waals surface area contributed by atoms with Crippen molar-refractivity contribution in [3.05, 3.63) is 53.6 Å². The van der Waals surface area contributed by atoms with Gasteiger partial charge in [0.25, 0.3) is 0 Å². The summed E-state index contributed by atoms with van der Waals surface area (Å²) in [6, 6.07) is 4.60. The van der Waals surface area contributed by atoms with Gasteiger partial charge in [-0.3, -0.25) is 9.59 Å². The van der Waals surface area contributed by atoms with Gasteiger partial charge in [0.2, 0.25) is 29.7 Å². The second kappa shape index (κ2) is 27.6. The molecule has 384 valence electrons. The number of aromatic hydroxyl groups is 1. The molecule has 6 atom stereocenters. The number of aliphatic hydroxyl groups excluding tert-OH is 1. The number of benzene rings is 1. The van der Waals surface area contributed by atoms with Gasteiger partial charge in [-0.1, -0.05) is 69.0 Å². The number of phenols is 1. The van der Waals surface area contributed by atoms with Gasteiger partial charge in [0, 0.05) is 58.9 Å². The Morgan fingerprint density at radius 3 is 1.67 bits per heavy atom. The molecule has 23 nitrogen and oxygen atoms in total. The van der Waals surface area contributed by atoms with Crippen molar-refractivity contribution in [3.63, 3.8) is 0 Å². The van der Waals surface area contributed by atoms with Crippen LogP contribution in [0, 0.1) is 24.2 Å². The minimum absolute atomic E-state index is 0. The SMILES string of the molecule is C#CCOCCOCCOCCNc1nc(N2CCN(C(=O)C(C(C)CC)n3cc(C(N)CO)nn3)CC2)nc(N2CCN(C(=O)C(C(C)CC)n3cc(C(N)Cc4ccc(O)cc4)nn3)CC2)n1.[Cl-]. The molecular formula is C46H70ClN16O7-. The molecule has 7 N–H and O–H groups in total. The van der Waals surface area contributed by atoms with Crippen LogP contribution in [0.4, 0.5) is 17.8 Å². The molecule has 70 heavy (non-hydrogen) atoms. The van der Waals surface area contributed by atoms with Crippen molar-refractivity contribution in [1.82, 2.24) is 54.7 Å². The number of amides is 2. The summed E-state index contributed by atoms with van der Waals surface area (Å²) in [5.41, 5.74) is 14.5. The van der Waals surface area contributed by atoms with Crippen molar-refractivity contribution in [2.75, 3.05) is 120 Å². The zero-order valence-electron chi connectivity index (χ0n) is 40.7. The van der Waals surface area contributed by atoms with Crippen molar-refractivity contribution >= 4 is 29.7 Å². The molecule has 3 aromatic heterocycles. The van der Waals surface area contributed by atoms with Gasteiger partial charge in [0.1, 0.15) is 30.1 Å². The number of carbonyl (C=O) groups is 2. The number of hydrogen-bond donors (Lipinski definition) is 5. The number of piperazine rings is 2. The number of carbonyl (C=O) groups excluding carboxylic acids is 2. The van der Waals surface area contributed by atoms with Crippen molar-refractivity contribution in [1.29, 1.82) is 0 Å². The number of nitrogens with one attached hydrogen (secondary N) is 1. The lowest BCUT2D eigenvalue weighted by atomic mass is 9.97. The Bertz CT molecular complexity index is 2250. The predicted octanol–water partition coefficient (Wildman–Crippen LogP) is -2.03. The highest BCUT2D eigenvalue weighted by Gasteiger charge is 2.36. The minimum Gasteiger partial charge on any atom is -1.00 e. The van der Waals surface area contributed by atoms with Gasteiger partial charge in [0.05, 0.1) is 69.8 Å². The second-order valence-electron chi connectivity index (χ2n) is 17.5. The molecule has 5 heterocycles. The van der Waals surface area contributed by atoms with Gasteiger partial charge >= 0.3 is 0 Å². The lowest BCUT2D eigenvalue weighted by Gasteiger charge is -2.38. The Kier molecular flexibility index (Phi) is 21.8. The molecule has 2 fully saturated rings. The van der Waals surface area contributed by atoms with Crippen LogP contribution in [-0.4, -0.2) is 182 Å². The zero-order chi connectivity index (χ0) is 49.3. The van der Waals surface area contributed by atoms with E-state index in [0.717, 1.165) is 18.4 Å². The zero-order valence-corrected chi connectivity index (χ0v) is 41.5. The molecule has 0 saturated carbocycles. The highest BCUT2D eigenvalue weighted by atomic mass is 35.5. The number of anilines is 3. The molecule has 6 rings (SSSR count). The van der Waals surface area contributed by atoms with E-state index < -0.39 is 24.2 Å². The summed E-state index contributed by atoms with van der Waals surface area (Å²) in [7, 11) is 0. The van der Waals surface area contributed by atoms with E-state index in [0.29, 0.717) is 128 Å². The number of nitrogens with zero attached hydrogens (tertiary/aromatic N) is 13. The number of rotatable bonds is 26. The summed E-state index contributed by atoms with van der Waals surface area (Å²) < 4.78 is 19.8. The Labute approximate surface area is 416 Å². The second-order valence-corrected chi connectivity index (χ2v) is 17.5. The van der Waals surface area contributed by atoms with Crippen LogP contribution in [0.1, 0.15) is 81.7 Å². The molecule has 2 aliphatic heterocycles. The Balaban J connectivity index is 0.00000913. The van der Waals surface area contributed by atoms with Gasteiger partial charge in [-0.05, 0) is 36.0 Å². The van der Waals surface area contributed by atoms with Gasteiger partial charge in [-0.2, -0.15) is 15.0 Å². The molecule has 2 saturated heterocycles. The van der Waals surface area contributed by atoms with Gasteiger partial charge in [-0.25, -0.2) is 9.36 Å². The number of phenolic OH excluding ortho intramolecular Hbond substituents is 1. The molecule has 2 aliphatic rings. The summed E-state index contributed by atoms with van der Waals surface area (Å²) in [6.07, 6.45) is 10.6. The number of terminal acetylenes is 1. The fraction of sp³-hybridized carbons (Fsp3) is 0.630. The number of nitrogens with two attached hydrogens (primary N) is 2. The Hall–Kier alpha value is -5.74. The van der Waals surface area contributed by atoms with E-state index in [1.165, 1.54) is 0 Å². The smallest absolute Gasteiger partial charge is 0.247 e. The quantitative estimate of drug-likeness (QED) is 0.0335. The summed E-state index contributed by atoms with van der Waals surface area (Å²) >= 11 is 0. The number of hydrogen-bond acceptors (Lipinski definition) is 19. The van der Waals surface area contributed by atoms with Crippen LogP contribution < -0.4 is 39.0 Å². The number of aliphatic hydroxyl groups is 1. The monoisotopic (exact) mass is 994 g/mol. The maximum absolute atomic E-state index is 14.4. The third kappa shape index (κ3) is 14.9. The first kappa shape index (κ1) is 55.2. The summed E-state index contributed by atoms with van der Waals surface area (Å²) in [5.74, 6) is 3.73. The Morgan fingerprint density at radius 2 is 1.20 bits per heavy atom. The van der Waals surface area contributed by atoms with E-state index >= 15 is 0 Å². The van der Waals surface area contributed by atoms with Crippen LogP contribution in [0.3, 0.4) is 0 Å². The molecule has 2 amide bonds. The van der Waals surface area contributed by atoms with Crippen molar-refractivity contribution in [2.24, 2.45) is 23.3 Å². The van der Waals surface area contributed by atoms with Crippen LogP contribution in [0.2, 0.25) is 0 Å². The molecular weight excluding hydrogens is 924 g/mol. The average Bonchev–Trinajstić information content (AvgIpc) is 4.07. The molecule has 0 spiro atoms. The van der Waals surface area contributed by atoms with E-state index in [1.807, 2.05) is 47.6 Å². The summed E-state index contributed by atoms with van der Waals surface area (Å²) in [5, 5.41) is 39.7. The number of aromatic nitrogens is 9. The topological polar surface area (TPSA) is 279 Å². The van der Waals surface area contributed by atoms with Gasteiger partial charge in [0.15, 0.2) is 0 Å². The highest BCUT2D eigenvalue weighted by Crippen LogP contribution is 2.28. The van der Waals surface area contributed by atoms with E-state index in [9.17, 15) is 19.8 Å². The standard InChI is InChI=1S/C46H70N16O7.ClH/c1-6-22-67-24-26-69-27-25-68-23-13-49-44-50-45(52-46(51-44)60-20-16-58(17-21-60)43(66)41(33(5)8-3)62-30-39(54-56-62)37(48)31-63)59-18-14-57(15-19-59)42(65)40(32(4)7-2)61-29-38(53-55-61)36(47)28-34-9-11-35(64)12-10-34;/h1,9-12,29-30,32-33,36-37,40-41,63-64H,7-8,13-28,31,47-48H2,2-5H3,(H,49,50,51,52);1H/p-1. The summed E-state index contributed by atoms with van der Waals surface area (Å²) in [6.45, 7) is 14.2. The van der Waals surface area contributed by atoms with Crippen molar-refractivity contribution in [2.45, 2.75) is 71.1 Å². The van der Waals surface area contributed by atoms with Gasteiger partial charge in [-0.15, -0.1) is 16.6 Å². The van der Waals surface area contributed by atoms with Crippen LogP contribution >= 0.6 is 0 Å². The van der Waals surface area contributed by atoms with Crippen LogP contribution in [-0.2, 0) is 30.2 Å². The van der Waals surface area contributed by atoms with Crippen LogP contribution in [0.15, 0.2) is 36.7 Å². The van der Waals surface area contributed by atoms with Crippen molar-refractivity contribution < 1.29 is 46.4 Å². The number of ether oxygens (including phenoxy) is 3. The molecule has 0 aliphatic carbocycles. The first-order chi connectivity index (χ1) is 33.4. The van der Waals surface area contributed by atoms with Crippen molar-refractivity contribution in [3.8, 4) is 18.1 Å². The third-order valence-corrected chi connectivity index (χ3v) is 12.7. The molecule has 0 bridgehead atoms. The van der Waals surface area contributed by atoms with Crippen LogP contribution in [0.5, 0.6) is 5.75 Å². The van der Waals surface area contributed by atoms with E-state index in [4.69, 9.17) is 47.1 Å². The molecule has 4 aromatic rings. The van der Waals surface area contributed by atoms with E-state index in [1.54, 1.807) is 33.9 Å². The maximum Gasteiger partial charge on any atom is 0.247 e. The highest BCUT2D eigenvalue weighted by molar-refractivity contribution is 5.81. The third-order valence-electron chi connectivity index (χ3n) is 12.7. The minimum atomic E-state index is -0.689. The fourth-order valence-electron chi connectivity index (χ4n) is 8.11. The molecule has 24 heteroatoms. The first-order valence-corrected chi connectivity index (χ1v) is 23.9. The molecule has 6 unspecified atom stereocenters.